The van der Waals surface area contributed by atoms with E-state index < -0.39 is 10.0 Å². The summed E-state index contributed by atoms with van der Waals surface area (Å²) in [5.74, 6) is -0.105. The number of rotatable bonds is 5. The second-order valence-electron chi connectivity index (χ2n) is 4.85. The van der Waals surface area contributed by atoms with E-state index in [1.165, 1.54) is 0 Å². The lowest BCUT2D eigenvalue weighted by Gasteiger charge is -2.10. The van der Waals surface area contributed by atoms with Gasteiger partial charge in [0.15, 0.2) is 0 Å². The number of hydrogen-bond donors (Lipinski definition) is 2. The highest BCUT2D eigenvalue weighted by atomic mass is 35.5. The minimum Gasteiger partial charge on any atom is -0.326 e. The van der Waals surface area contributed by atoms with E-state index in [0.717, 1.165) is 11.1 Å². The highest BCUT2D eigenvalue weighted by molar-refractivity contribution is 7.91. The van der Waals surface area contributed by atoms with Gasteiger partial charge < -0.3 is 5.73 Å². The molecule has 112 valence electrons. The molecule has 0 heterocycles. The third-order valence-electron chi connectivity index (χ3n) is 3.03. The van der Waals surface area contributed by atoms with Crippen molar-refractivity contribution in [3.05, 3.63) is 64.2 Å². The Hall–Kier alpha value is -1.56. The van der Waals surface area contributed by atoms with Gasteiger partial charge in [-0.25, -0.2) is 8.42 Å². The van der Waals surface area contributed by atoms with Crippen LogP contribution in [0.2, 0.25) is 5.02 Å². The maximum Gasteiger partial charge on any atom is 0.236 e. The number of sulfonamides is 1. The van der Waals surface area contributed by atoms with Gasteiger partial charge >= 0.3 is 0 Å². The number of aryl methyl sites for hydroxylation is 1. The number of nitrogens with one attached hydrogen (secondary N) is 1. The molecule has 4 nitrogen and oxygen atoms in total. The Morgan fingerprint density at radius 3 is 2.52 bits per heavy atom. The fourth-order valence-electron chi connectivity index (χ4n) is 1.94. The SMILES string of the molecule is Cc1ccc(NS(=O)(=O)Cc2cccc(CN)c2)cc1Cl. The van der Waals surface area contributed by atoms with Crippen molar-refractivity contribution in [3.63, 3.8) is 0 Å². The van der Waals surface area contributed by atoms with Crippen LogP contribution < -0.4 is 10.5 Å². The molecule has 0 spiro atoms. The van der Waals surface area contributed by atoms with Gasteiger partial charge in [0.1, 0.15) is 0 Å². The largest absolute Gasteiger partial charge is 0.326 e. The average Bonchev–Trinajstić information content (AvgIpc) is 2.42. The van der Waals surface area contributed by atoms with E-state index in [9.17, 15) is 8.42 Å². The lowest BCUT2D eigenvalue weighted by molar-refractivity contribution is 0.600. The van der Waals surface area contributed by atoms with Gasteiger partial charge in [-0.15, -0.1) is 0 Å². The van der Waals surface area contributed by atoms with Crippen molar-refractivity contribution in [3.8, 4) is 0 Å². The summed E-state index contributed by atoms with van der Waals surface area (Å²) < 4.78 is 26.9. The van der Waals surface area contributed by atoms with Gasteiger partial charge in [-0.05, 0) is 35.7 Å². The summed E-state index contributed by atoms with van der Waals surface area (Å²) >= 11 is 5.99. The van der Waals surface area contributed by atoms with Gasteiger partial charge in [0.25, 0.3) is 0 Å². The lowest BCUT2D eigenvalue weighted by Crippen LogP contribution is -2.15. The predicted molar refractivity (Wildman–Crippen MR) is 86.8 cm³/mol. The van der Waals surface area contributed by atoms with Crippen LogP contribution in [0, 0.1) is 6.92 Å². The molecule has 0 unspecified atom stereocenters. The summed E-state index contributed by atoms with van der Waals surface area (Å²) in [7, 11) is -3.49. The Labute approximate surface area is 130 Å². The molecule has 0 saturated carbocycles. The van der Waals surface area contributed by atoms with Gasteiger partial charge in [-0.2, -0.15) is 0 Å². The third kappa shape index (κ3) is 4.46. The first-order valence-corrected chi connectivity index (χ1v) is 8.47. The van der Waals surface area contributed by atoms with Gasteiger partial charge in [-0.3, -0.25) is 4.72 Å². The number of halogens is 1. The number of benzene rings is 2. The number of anilines is 1. The van der Waals surface area contributed by atoms with E-state index in [0.29, 0.717) is 22.8 Å². The van der Waals surface area contributed by atoms with Crippen LogP contribution in [-0.4, -0.2) is 8.42 Å². The quantitative estimate of drug-likeness (QED) is 0.888. The molecule has 2 aromatic carbocycles. The molecule has 0 aliphatic rings. The summed E-state index contributed by atoms with van der Waals surface area (Å²) in [5.41, 5.74) is 8.52. The highest BCUT2D eigenvalue weighted by Crippen LogP contribution is 2.21. The van der Waals surface area contributed by atoms with E-state index in [4.69, 9.17) is 17.3 Å². The van der Waals surface area contributed by atoms with Gasteiger partial charge in [-0.1, -0.05) is 41.9 Å². The Morgan fingerprint density at radius 1 is 1.14 bits per heavy atom. The molecule has 0 fully saturated rings. The monoisotopic (exact) mass is 324 g/mol. The normalized spacial score (nSPS) is 11.4. The summed E-state index contributed by atoms with van der Waals surface area (Å²) in [6, 6.07) is 12.3. The molecule has 2 aromatic rings. The molecule has 0 radical (unpaired) electrons. The standard InChI is InChI=1S/C15H17ClN2O2S/c1-11-5-6-14(8-15(11)16)18-21(19,20)10-13-4-2-3-12(7-13)9-17/h2-8,18H,9-10,17H2,1H3. The molecule has 0 bridgehead atoms. The fourth-order valence-corrected chi connectivity index (χ4v) is 3.30. The van der Waals surface area contributed by atoms with Crippen LogP contribution in [0.4, 0.5) is 5.69 Å². The minimum absolute atomic E-state index is 0.105. The van der Waals surface area contributed by atoms with Gasteiger partial charge in [0.05, 0.1) is 5.75 Å². The first-order chi connectivity index (χ1) is 9.89. The maximum atomic E-state index is 12.2. The topological polar surface area (TPSA) is 72.2 Å². The molecular weight excluding hydrogens is 308 g/mol. The van der Waals surface area contributed by atoms with Crippen molar-refractivity contribution in [2.75, 3.05) is 4.72 Å². The van der Waals surface area contributed by atoms with Crippen LogP contribution >= 0.6 is 11.6 Å². The Balaban J connectivity index is 2.16. The fraction of sp³-hybridized carbons (Fsp3) is 0.200. The number of nitrogens with two attached hydrogens (primary N) is 1. The second kappa shape index (κ2) is 6.47. The minimum atomic E-state index is -3.49. The molecule has 0 saturated heterocycles. The summed E-state index contributed by atoms with van der Waals surface area (Å²) in [6.45, 7) is 2.24. The van der Waals surface area contributed by atoms with Crippen LogP contribution in [0.15, 0.2) is 42.5 Å². The maximum absolute atomic E-state index is 12.2. The highest BCUT2D eigenvalue weighted by Gasteiger charge is 2.12. The van der Waals surface area contributed by atoms with Crippen molar-refractivity contribution in [2.24, 2.45) is 5.73 Å². The molecule has 0 aliphatic carbocycles. The van der Waals surface area contributed by atoms with Crippen molar-refractivity contribution < 1.29 is 8.42 Å². The van der Waals surface area contributed by atoms with E-state index in [-0.39, 0.29) is 5.75 Å². The van der Waals surface area contributed by atoms with Crippen LogP contribution in [0.3, 0.4) is 0 Å². The predicted octanol–water partition coefficient (Wildman–Crippen LogP) is 3.05. The molecule has 0 atom stereocenters. The van der Waals surface area contributed by atoms with Crippen LogP contribution in [-0.2, 0) is 22.3 Å². The van der Waals surface area contributed by atoms with Crippen molar-refractivity contribution >= 4 is 27.3 Å². The summed E-state index contributed by atoms with van der Waals surface area (Å²) in [6.07, 6.45) is 0. The smallest absolute Gasteiger partial charge is 0.236 e. The molecule has 3 N–H and O–H groups in total. The molecule has 2 rings (SSSR count). The zero-order valence-electron chi connectivity index (χ0n) is 11.6. The zero-order valence-corrected chi connectivity index (χ0v) is 13.2. The molecule has 21 heavy (non-hydrogen) atoms. The zero-order chi connectivity index (χ0) is 15.5. The summed E-state index contributed by atoms with van der Waals surface area (Å²) in [4.78, 5) is 0. The van der Waals surface area contributed by atoms with E-state index >= 15 is 0 Å². The van der Waals surface area contributed by atoms with Crippen LogP contribution in [0.25, 0.3) is 0 Å². The first-order valence-electron chi connectivity index (χ1n) is 6.44. The number of hydrogen-bond acceptors (Lipinski definition) is 3. The Bertz CT molecular complexity index is 745. The average molecular weight is 325 g/mol. The molecule has 0 amide bonds. The molecular formula is C15H17ClN2O2S. The van der Waals surface area contributed by atoms with Gasteiger partial charge in [0, 0.05) is 17.3 Å². The second-order valence-corrected chi connectivity index (χ2v) is 6.98. The van der Waals surface area contributed by atoms with E-state index in [2.05, 4.69) is 4.72 Å². The molecule has 0 aromatic heterocycles. The van der Waals surface area contributed by atoms with Crippen molar-refractivity contribution in [1.29, 1.82) is 0 Å². The third-order valence-corrected chi connectivity index (χ3v) is 4.70. The van der Waals surface area contributed by atoms with E-state index in [1.54, 1.807) is 36.4 Å². The van der Waals surface area contributed by atoms with Crippen LogP contribution in [0.1, 0.15) is 16.7 Å². The van der Waals surface area contributed by atoms with Crippen LogP contribution in [0.5, 0.6) is 0 Å². The lowest BCUT2D eigenvalue weighted by atomic mass is 10.1. The first kappa shape index (κ1) is 15.8. The van der Waals surface area contributed by atoms with Gasteiger partial charge in [0.2, 0.25) is 10.0 Å². The van der Waals surface area contributed by atoms with Crippen molar-refractivity contribution in [2.45, 2.75) is 19.2 Å². The Kier molecular flexibility index (Phi) is 4.88. The molecule has 0 aliphatic heterocycles. The Morgan fingerprint density at radius 2 is 1.86 bits per heavy atom. The van der Waals surface area contributed by atoms with Crippen molar-refractivity contribution in [1.82, 2.24) is 0 Å². The summed E-state index contributed by atoms with van der Waals surface area (Å²) in [5, 5.41) is 0.528. The molecule has 6 heteroatoms. The van der Waals surface area contributed by atoms with E-state index in [1.807, 2.05) is 13.0 Å².